The van der Waals surface area contributed by atoms with Crippen molar-refractivity contribution in [3.05, 3.63) is 0 Å². The summed E-state index contributed by atoms with van der Waals surface area (Å²) in [5.41, 5.74) is 0. The molecule has 0 spiro atoms. The van der Waals surface area contributed by atoms with Crippen molar-refractivity contribution in [2.24, 2.45) is 0 Å². The van der Waals surface area contributed by atoms with Crippen molar-refractivity contribution in [3.63, 3.8) is 0 Å². The van der Waals surface area contributed by atoms with Crippen LogP contribution >= 0.6 is 7.82 Å². The lowest BCUT2D eigenvalue weighted by atomic mass is 10.0. The number of ether oxygens (including phenoxy) is 2. The van der Waals surface area contributed by atoms with Gasteiger partial charge in [-0.05, 0) is 12.8 Å². The second-order valence-electron chi connectivity index (χ2n) is 15.4. The Hall–Kier alpha value is -0.990. The van der Waals surface area contributed by atoms with E-state index in [4.69, 9.17) is 18.5 Å². The standard InChI is InChI=1S/C40H80NO8P/c1-6-8-10-12-14-16-17-18-19-20-21-22-23-25-26-28-30-32-39(42)46-36-38(37-48-50(44,45)47-35-34-41(3,4)5)49-40(43)33-31-29-27-24-15-13-11-9-7-2/h38H,6-37H2,1-5H3/t38-/m0/s1. The number of hydrogen-bond donors (Lipinski definition) is 0. The van der Waals surface area contributed by atoms with E-state index in [1.807, 2.05) is 21.1 Å². The number of rotatable bonds is 38. The van der Waals surface area contributed by atoms with Crippen LogP contribution in [0.15, 0.2) is 0 Å². The Kier molecular flexibility index (Phi) is 33.2. The van der Waals surface area contributed by atoms with Gasteiger partial charge in [-0.25, -0.2) is 0 Å². The first-order valence-corrected chi connectivity index (χ1v) is 22.2. The summed E-state index contributed by atoms with van der Waals surface area (Å²) in [5, 5.41) is 0. The molecule has 50 heavy (non-hydrogen) atoms. The molecule has 0 aliphatic heterocycles. The van der Waals surface area contributed by atoms with Crippen LogP contribution in [-0.4, -0.2) is 70.0 Å². The van der Waals surface area contributed by atoms with E-state index in [2.05, 4.69) is 13.8 Å². The number of esters is 2. The molecule has 0 aliphatic rings. The van der Waals surface area contributed by atoms with E-state index in [-0.39, 0.29) is 32.0 Å². The zero-order chi connectivity index (χ0) is 37.2. The van der Waals surface area contributed by atoms with Crippen molar-refractivity contribution in [2.75, 3.05) is 47.5 Å². The summed E-state index contributed by atoms with van der Waals surface area (Å²) in [6, 6.07) is 0. The van der Waals surface area contributed by atoms with Gasteiger partial charge in [-0.3, -0.25) is 14.2 Å². The highest BCUT2D eigenvalue weighted by atomic mass is 31.2. The van der Waals surface area contributed by atoms with Gasteiger partial charge in [0.1, 0.15) is 19.8 Å². The van der Waals surface area contributed by atoms with Gasteiger partial charge in [-0.2, -0.15) is 0 Å². The molecule has 0 aromatic rings. The minimum Gasteiger partial charge on any atom is -0.756 e. The molecule has 0 amide bonds. The first-order valence-electron chi connectivity index (χ1n) is 20.7. The molecule has 0 heterocycles. The predicted octanol–water partition coefficient (Wildman–Crippen LogP) is 10.6. The largest absolute Gasteiger partial charge is 0.756 e. The summed E-state index contributed by atoms with van der Waals surface area (Å²) in [4.78, 5) is 37.3. The number of quaternary nitrogens is 1. The number of nitrogens with zero attached hydrogens (tertiary/aromatic N) is 1. The molecule has 0 aromatic heterocycles. The number of phosphoric ester groups is 1. The first-order chi connectivity index (χ1) is 24.0. The number of hydrogen-bond acceptors (Lipinski definition) is 8. The highest BCUT2D eigenvalue weighted by Crippen LogP contribution is 2.38. The number of unbranched alkanes of at least 4 members (excludes halogenated alkanes) is 24. The van der Waals surface area contributed by atoms with Gasteiger partial charge in [-0.1, -0.05) is 168 Å². The summed E-state index contributed by atoms with van der Waals surface area (Å²) in [6.45, 7) is 4.22. The Morgan fingerprint density at radius 3 is 1.28 bits per heavy atom. The van der Waals surface area contributed by atoms with Gasteiger partial charge >= 0.3 is 11.9 Å². The summed E-state index contributed by atoms with van der Waals surface area (Å²) < 4.78 is 33.8. The Bertz CT molecular complexity index is 835. The minimum atomic E-state index is -4.61. The zero-order valence-corrected chi connectivity index (χ0v) is 34.3. The van der Waals surface area contributed by atoms with Crippen LogP contribution in [0.25, 0.3) is 0 Å². The maximum atomic E-state index is 12.6. The molecule has 0 aromatic carbocycles. The van der Waals surface area contributed by atoms with Crippen molar-refractivity contribution < 1.29 is 42.1 Å². The fourth-order valence-electron chi connectivity index (χ4n) is 5.83. The third kappa shape index (κ3) is 36.8. The molecule has 0 saturated carbocycles. The van der Waals surface area contributed by atoms with Crippen molar-refractivity contribution in [1.82, 2.24) is 0 Å². The minimum absolute atomic E-state index is 0.0261. The van der Waals surface area contributed by atoms with Crippen LogP contribution in [0.3, 0.4) is 0 Å². The van der Waals surface area contributed by atoms with Crippen LogP contribution in [0.2, 0.25) is 0 Å². The SMILES string of the molecule is CCCCCCCCCCCCCCCCCCCC(=O)OC[C@@H](COP(=O)([O-])OCC[N+](C)(C)C)OC(=O)CCCCCCCCCCC. The fraction of sp³-hybridized carbons (Fsp3) is 0.950. The molecule has 0 aliphatic carbocycles. The van der Waals surface area contributed by atoms with E-state index in [0.717, 1.165) is 38.5 Å². The second-order valence-corrected chi connectivity index (χ2v) is 16.8. The first kappa shape index (κ1) is 49.0. The molecule has 2 atom stereocenters. The zero-order valence-electron chi connectivity index (χ0n) is 33.4. The van der Waals surface area contributed by atoms with Crippen molar-refractivity contribution in [2.45, 2.75) is 200 Å². The van der Waals surface area contributed by atoms with Crippen LogP contribution in [0.5, 0.6) is 0 Å². The molecule has 0 N–H and O–H groups in total. The number of phosphoric acid groups is 1. The molecule has 298 valence electrons. The summed E-state index contributed by atoms with van der Waals surface area (Å²) in [7, 11) is 1.18. The van der Waals surface area contributed by atoms with Gasteiger partial charge in [0.15, 0.2) is 6.10 Å². The van der Waals surface area contributed by atoms with Crippen LogP contribution < -0.4 is 4.89 Å². The number of carbonyl (C=O) groups is 2. The van der Waals surface area contributed by atoms with Gasteiger partial charge in [0, 0.05) is 12.8 Å². The van der Waals surface area contributed by atoms with E-state index in [9.17, 15) is 19.0 Å². The maximum Gasteiger partial charge on any atom is 0.306 e. The molecule has 0 fully saturated rings. The molecule has 0 bridgehead atoms. The Morgan fingerprint density at radius 1 is 0.540 bits per heavy atom. The Morgan fingerprint density at radius 2 is 0.900 bits per heavy atom. The van der Waals surface area contributed by atoms with Gasteiger partial charge in [0.2, 0.25) is 0 Å². The lowest BCUT2D eigenvalue weighted by Gasteiger charge is -2.28. The maximum absolute atomic E-state index is 12.6. The van der Waals surface area contributed by atoms with Gasteiger partial charge < -0.3 is 27.9 Å². The smallest absolute Gasteiger partial charge is 0.306 e. The Balaban J connectivity index is 4.27. The van der Waals surface area contributed by atoms with E-state index < -0.39 is 26.5 Å². The quantitative estimate of drug-likeness (QED) is 0.0267. The monoisotopic (exact) mass is 734 g/mol. The number of carbonyl (C=O) groups excluding carboxylic acids is 2. The van der Waals surface area contributed by atoms with Crippen molar-refractivity contribution in [3.8, 4) is 0 Å². The van der Waals surface area contributed by atoms with E-state index in [1.54, 1.807) is 0 Å². The van der Waals surface area contributed by atoms with Crippen LogP contribution in [0.1, 0.15) is 194 Å². The summed E-state index contributed by atoms with van der Waals surface area (Å²) >= 11 is 0. The molecule has 1 unspecified atom stereocenters. The van der Waals surface area contributed by atoms with Crippen molar-refractivity contribution >= 4 is 19.8 Å². The number of likely N-dealkylation sites (N-methyl/N-ethyl adjacent to an activating group) is 1. The van der Waals surface area contributed by atoms with E-state index in [0.29, 0.717) is 17.4 Å². The molecule has 0 rings (SSSR count). The van der Waals surface area contributed by atoms with Crippen LogP contribution in [-0.2, 0) is 32.7 Å². The lowest BCUT2D eigenvalue weighted by Crippen LogP contribution is -2.37. The average molecular weight is 734 g/mol. The van der Waals surface area contributed by atoms with E-state index >= 15 is 0 Å². The summed E-state index contributed by atoms with van der Waals surface area (Å²) in [5.74, 6) is -0.826. The van der Waals surface area contributed by atoms with E-state index in [1.165, 1.54) is 122 Å². The average Bonchev–Trinajstić information content (AvgIpc) is 3.06. The van der Waals surface area contributed by atoms with Crippen LogP contribution in [0, 0.1) is 0 Å². The van der Waals surface area contributed by atoms with Crippen LogP contribution in [0.4, 0.5) is 0 Å². The van der Waals surface area contributed by atoms with Gasteiger partial charge in [-0.15, -0.1) is 0 Å². The Labute approximate surface area is 308 Å². The van der Waals surface area contributed by atoms with Gasteiger partial charge in [0.25, 0.3) is 7.82 Å². The molecule has 9 nitrogen and oxygen atoms in total. The second kappa shape index (κ2) is 33.8. The fourth-order valence-corrected chi connectivity index (χ4v) is 6.56. The molecular weight excluding hydrogens is 653 g/mol. The molecule has 0 radical (unpaired) electrons. The highest BCUT2D eigenvalue weighted by Gasteiger charge is 2.21. The topological polar surface area (TPSA) is 111 Å². The molecule has 0 saturated heterocycles. The predicted molar refractivity (Wildman–Crippen MR) is 204 cm³/mol. The lowest BCUT2D eigenvalue weighted by molar-refractivity contribution is -0.870. The highest BCUT2D eigenvalue weighted by molar-refractivity contribution is 7.45. The molecule has 10 heteroatoms. The third-order valence-electron chi connectivity index (χ3n) is 9.13. The summed E-state index contributed by atoms with van der Waals surface area (Å²) in [6.07, 6.45) is 31.3. The normalized spacial score (nSPS) is 13.6. The van der Waals surface area contributed by atoms with Gasteiger partial charge in [0.05, 0.1) is 27.7 Å². The third-order valence-corrected chi connectivity index (χ3v) is 10.1. The molecular formula is C40H80NO8P. The van der Waals surface area contributed by atoms with Crippen molar-refractivity contribution in [1.29, 1.82) is 0 Å².